The number of hydrogen-bond acceptors (Lipinski definition) is 5. The Bertz CT molecular complexity index is 1350. The first-order valence-electron chi connectivity index (χ1n) is 11.2. The van der Waals surface area contributed by atoms with Crippen LogP contribution in [0.1, 0.15) is 12.5 Å². The zero-order valence-electron chi connectivity index (χ0n) is 20.5. The van der Waals surface area contributed by atoms with E-state index in [0.29, 0.717) is 21.4 Å². The number of carbonyl (C=O) groups excluding carboxylic acids is 2. The molecule has 0 aliphatic rings. The van der Waals surface area contributed by atoms with Crippen molar-refractivity contribution in [3.63, 3.8) is 0 Å². The second kappa shape index (κ2) is 12.3. The maximum absolute atomic E-state index is 13.7. The van der Waals surface area contributed by atoms with Crippen molar-refractivity contribution >= 4 is 50.7 Å². The first-order valence-corrected chi connectivity index (χ1v) is 13.4. The van der Waals surface area contributed by atoms with Gasteiger partial charge < -0.3 is 15.0 Å². The summed E-state index contributed by atoms with van der Waals surface area (Å²) in [5.41, 5.74) is 0.812. The van der Waals surface area contributed by atoms with E-state index in [1.807, 2.05) is 0 Å². The number of carbonyl (C=O) groups is 2. The van der Waals surface area contributed by atoms with Gasteiger partial charge in [-0.25, -0.2) is 8.42 Å². The predicted octanol–water partition coefficient (Wildman–Crippen LogP) is 4.36. The van der Waals surface area contributed by atoms with Crippen LogP contribution in [0.25, 0.3) is 0 Å². The average Bonchev–Trinajstić information content (AvgIpc) is 2.90. The Morgan fingerprint density at radius 2 is 1.65 bits per heavy atom. The molecule has 3 aromatic rings. The average molecular weight is 564 g/mol. The van der Waals surface area contributed by atoms with Gasteiger partial charge in [-0.3, -0.25) is 13.9 Å². The molecule has 0 heterocycles. The molecule has 2 amide bonds. The number of likely N-dealkylation sites (N-methyl/N-ethyl adjacent to an activating group) is 1. The topological polar surface area (TPSA) is 96.0 Å². The molecule has 1 N–H and O–H groups in total. The van der Waals surface area contributed by atoms with Gasteiger partial charge in [-0.05, 0) is 61.0 Å². The van der Waals surface area contributed by atoms with E-state index in [1.54, 1.807) is 61.5 Å². The second-order valence-electron chi connectivity index (χ2n) is 8.07. The van der Waals surface area contributed by atoms with Gasteiger partial charge in [-0.1, -0.05) is 47.5 Å². The fraction of sp³-hybridized carbons (Fsp3) is 0.231. The minimum absolute atomic E-state index is 0.0188. The number of benzene rings is 3. The molecular formula is C26H27Cl2N3O5S. The number of methoxy groups -OCH3 is 1. The van der Waals surface area contributed by atoms with Crippen molar-refractivity contribution in [2.45, 2.75) is 24.4 Å². The predicted molar refractivity (Wildman–Crippen MR) is 145 cm³/mol. The number of nitrogens with zero attached hydrogens (tertiary/aromatic N) is 2. The minimum Gasteiger partial charge on any atom is -0.497 e. The Kier molecular flexibility index (Phi) is 9.42. The molecular weight excluding hydrogens is 537 g/mol. The monoisotopic (exact) mass is 563 g/mol. The molecule has 3 rings (SSSR count). The van der Waals surface area contributed by atoms with E-state index >= 15 is 0 Å². The highest BCUT2D eigenvalue weighted by Crippen LogP contribution is 2.27. The van der Waals surface area contributed by atoms with Crippen molar-refractivity contribution in [1.29, 1.82) is 0 Å². The van der Waals surface area contributed by atoms with Crippen LogP contribution in [0.2, 0.25) is 10.0 Å². The second-order valence-corrected chi connectivity index (χ2v) is 10.8. The smallest absolute Gasteiger partial charge is 0.264 e. The zero-order chi connectivity index (χ0) is 27.2. The largest absolute Gasteiger partial charge is 0.497 e. The lowest BCUT2D eigenvalue weighted by atomic mass is 10.1. The van der Waals surface area contributed by atoms with Gasteiger partial charge in [0.1, 0.15) is 18.3 Å². The van der Waals surface area contributed by atoms with Crippen LogP contribution in [0.4, 0.5) is 5.69 Å². The molecule has 1 atom stereocenters. The molecule has 0 bridgehead atoms. The van der Waals surface area contributed by atoms with E-state index in [1.165, 1.54) is 37.3 Å². The SMILES string of the molecule is CNC(=O)[C@@H](C)N(Cc1ccc(Cl)cc1Cl)C(=O)CN(c1ccc(OC)cc1)S(=O)(=O)c1ccccc1. The summed E-state index contributed by atoms with van der Waals surface area (Å²) < 4.78 is 33.5. The summed E-state index contributed by atoms with van der Waals surface area (Å²) in [7, 11) is -1.18. The van der Waals surface area contributed by atoms with Crippen LogP contribution in [0, 0.1) is 0 Å². The van der Waals surface area contributed by atoms with Gasteiger partial charge in [-0.2, -0.15) is 0 Å². The number of halogens is 2. The summed E-state index contributed by atoms with van der Waals surface area (Å²) in [6.45, 7) is 0.964. The number of amides is 2. The van der Waals surface area contributed by atoms with E-state index in [9.17, 15) is 18.0 Å². The molecule has 0 aromatic heterocycles. The Labute approximate surface area is 226 Å². The molecule has 196 valence electrons. The number of rotatable bonds is 10. The molecule has 0 radical (unpaired) electrons. The Morgan fingerprint density at radius 1 is 1.00 bits per heavy atom. The minimum atomic E-state index is -4.14. The summed E-state index contributed by atoms with van der Waals surface area (Å²) in [6, 6.07) is 18.0. The normalized spacial score (nSPS) is 11.9. The molecule has 0 saturated heterocycles. The Morgan fingerprint density at radius 3 is 2.22 bits per heavy atom. The fourth-order valence-electron chi connectivity index (χ4n) is 3.62. The molecule has 0 saturated carbocycles. The number of anilines is 1. The standard InChI is InChI=1S/C26H27Cl2N3O5S/c1-18(26(33)29-2)30(16-19-9-10-20(27)15-24(19)28)25(32)17-31(21-11-13-22(36-3)14-12-21)37(34,35)23-7-5-4-6-8-23/h4-15,18H,16-17H2,1-3H3,(H,29,33)/t18-/m1/s1. The highest BCUT2D eigenvalue weighted by molar-refractivity contribution is 7.92. The van der Waals surface area contributed by atoms with Crippen LogP contribution in [-0.2, 0) is 26.2 Å². The first kappa shape index (κ1) is 28.3. The Hall–Kier alpha value is -3.27. The molecule has 8 nitrogen and oxygen atoms in total. The molecule has 37 heavy (non-hydrogen) atoms. The Balaban J connectivity index is 2.04. The van der Waals surface area contributed by atoms with Crippen molar-refractivity contribution in [1.82, 2.24) is 10.2 Å². The third-order valence-electron chi connectivity index (χ3n) is 5.74. The summed E-state index contributed by atoms with van der Waals surface area (Å²) in [6.07, 6.45) is 0. The lowest BCUT2D eigenvalue weighted by Gasteiger charge is -2.32. The van der Waals surface area contributed by atoms with Crippen molar-refractivity contribution in [2.75, 3.05) is 25.0 Å². The third kappa shape index (κ3) is 6.74. The van der Waals surface area contributed by atoms with Gasteiger partial charge in [0.05, 0.1) is 17.7 Å². The maximum atomic E-state index is 13.7. The van der Waals surface area contributed by atoms with E-state index in [2.05, 4.69) is 5.32 Å². The molecule has 0 aliphatic heterocycles. The molecule has 0 spiro atoms. The van der Waals surface area contributed by atoms with Crippen LogP contribution in [0.15, 0.2) is 77.7 Å². The molecule has 3 aromatic carbocycles. The van der Waals surface area contributed by atoms with Gasteiger partial charge >= 0.3 is 0 Å². The van der Waals surface area contributed by atoms with Crippen LogP contribution >= 0.6 is 23.2 Å². The number of ether oxygens (including phenoxy) is 1. The zero-order valence-corrected chi connectivity index (χ0v) is 22.8. The van der Waals surface area contributed by atoms with Crippen LogP contribution in [0.5, 0.6) is 5.75 Å². The van der Waals surface area contributed by atoms with Crippen molar-refractivity contribution < 1.29 is 22.7 Å². The number of nitrogens with one attached hydrogen (secondary N) is 1. The van der Waals surface area contributed by atoms with Crippen molar-refractivity contribution in [3.8, 4) is 5.75 Å². The number of sulfonamides is 1. The van der Waals surface area contributed by atoms with Gasteiger partial charge in [0.25, 0.3) is 10.0 Å². The number of hydrogen-bond donors (Lipinski definition) is 1. The highest BCUT2D eigenvalue weighted by atomic mass is 35.5. The van der Waals surface area contributed by atoms with Gasteiger partial charge in [-0.15, -0.1) is 0 Å². The van der Waals surface area contributed by atoms with Crippen molar-refractivity contribution in [3.05, 3.63) is 88.4 Å². The van der Waals surface area contributed by atoms with Crippen LogP contribution in [0.3, 0.4) is 0 Å². The van der Waals surface area contributed by atoms with Gasteiger partial charge in [0.2, 0.25) is 11.8 Å². The van der Waals surface area contributed by atoms with Crippen LogP contribution in [-0.4, -0.2) is 51.9 Å². The van der Waals surface area contributed by atoms with E-state index in [-0.39, 0.29) is 17.1 Å². The molecule has 0 fully saturated rings. The summed E-state index contributed by atoms with van der Waals surface area (Å²) in [5.74, 6) is -0.489. The fourth-order valence-corrected chi connectivity index (χ4v) is 5.53. The third-order valence-corrected chi connectivity index (χ3v) is 8.11. The van der Waals surface area contributed by atoms with E-state index in [4.69, 9.17) is 27.9 Å². The van der Waals surface area contributed by atoms with Crippen molar-refractivity contribution in [2.24, 2.45) is 0 Å². The van der Waals surface area contributed by atoms with Gasteiger partial charge in [0, 0.05) is 23.6 Å². The molecule has 0 aliphatic carbocycles. The van der Waals surface area contributed by atoms with Gasteiger partial charge in [0.15, 0.2) is 0 Å². The summed E-state index contributed by atoms with van der Waals surface area (Å²) in [4.78, 5) is 27.5. The summed E-state index contributed by atoms with van der Waals surface area (Å²) in [5, 5.41) is 3.27. The van der Waals surface area contributed by atoms with E-state index in [0.717, 1.165) is 4.31 Å². The highest BCUT2D eigenvalue weighted by Gasteiger charge is 2.32. The lowest BCUT2D eigenvalue weighted by Crippen LogP contribution is -2.50. The van der Waals surface area contributed by atoms with Crippen LogP contribution < -0.4 is 14.4 Å². The summed E-state index contributed by atoms with van der Waals surface area (Å²) >= 11 is 12.3. The first-order chi connectivity index (χ1) is 17.6. The quantitative estimate of drug-likeness (QED) is 0.395. The molecule has 11 heteroatoms. The molecule has 0 unspecified atom stereocenters. The van der Waals surface area contributed by atoms with E-state index < -0.39 is 34.4 Å². The lowest BCUT2D eigenvalue weighted by molar-refractivity contribution is -0.139. The maximum Gasteiger partial charge on any atom is 0.264 e.